The van der Waals surface area contributed by atoms with Crippen LogP contribution < -0.4 is 4.74 Å². The first kappa shape index (κ1) is 17.0. The van der Waals surface area contributed by atoms with Gasteiger partial charge in [0.15, 0.2) is 0 Å². The van der Waals surface area contributed by atoms with Crippen molar-refractivity contribution in [3.63, 3.8) is 0 Å². The number of aromatic nitrogens is 1. The van der Waals surface area contributed by atoms with E-state index in [1.165, 1.54) is 36.0 Å². The smallest absolute Gasteiger partial charge is 0.133 e. The largest absolute Gasteiger partial charge is 0.496 e. The zero-order valence-corrected chi connectivity index (χ0v) is 15.3. The van der Waals surface area contributed by atoms with E-state index >= 15 is 0 Å². The third-order valence-electron chi connectivity index (χ3n) is 5.08. The minimum atomic E-state index is 0.353. The van der Waals surface area contributed by atoms with E-state index in [2.05, 4.69) is 42.1 Å². The van der Waals surface area contributed by atoms with Gasteiger partial charge in [-0.05, 0) is 62.9 Å². The highest BCUT2D eigenvalue weighted by Gasteiger charge is 2.26. The van der Waals surface area contributed by atoms with E-state index in [1.54, 1.807) is 7.11 Å². The second kappa shape index (κ2) is 7.39. The molecule has 0 spiro atoms. The van der Waals surface area contributed by atoms with Crippen LogP contribution in [0.15, 0.2) is 22.7 Å². The summed E-state index contributed by atoms with van der Waals surface area (Å²) in [5.74, 6) is 1.86. The molecule has 1 aliphatic rings. The first-order chi connectivity index (χ1) is 11.6. The molecule has 24 heavy (non-hydrogen) atoms. The number of rotatable bonds is 4. The quantitative estimate of drug-likeness (QED) is 0.813. The van der Waals surface area contributed by atoms with E-state index in [0.29, 0.717) is 6.04 Å². The molecule has 0 amide bonds. The van der Waals surface area contributed by atoms with Crippen molar-refractivity contribution < 1.29 is 9.26 Å². The van der Waals surface area contributed by atoms with Crippen molar-refractivity contribution in [3.8, 4) is 5.75 Å². The van der Waals surface area contributed by atoms with Crippen molar-refractivity contribution in [1.82, 2.24) is 10.1 Å². The van der Waals surface area contributed by atoms with Gasteiger partial charge >= 0.3 is 0 Å². The van der Waals surface area contributed by atoms with Crippen LogP contribution in [0.3, 0.4) is 0 Å². The Morgan fingerprint density at radius 3 is 2.67 bits per heavy atom. The van der Waals surface area contributed by atoms with Crippen molar-refractivity contribution in [2.24, 2.45) is 0 Å². The standard InChI is InChI=1S/C20H28N2O2/c1-14-11-20(23-4)15(2)10-17(14)13-22-9-7-5-6-8-19(22)18-12-16(3)24-21-18/h10-12,19H,5-9,13H2,1-4H3/t19-/m0/s1. The maximum Gasteiger partial charge on any atom is 0.133 e. The number of hydrogen-bond donors (Lipinski definition) is 0. The summed E-state index contributed by atoms with van der Waals surface area (Å²) in [6.07, 6.45) is 4.96. The molecule has 0 N–H and O–H groups in total. The van der Waals surface area contributed by atoms with Crippen molar-refractivity contribution in [1.29, 1.82) is 0 Å². The van der Waals surface area contributed by atoms with Crippen LogP contribution >= 0.6 is 0 Å². The van der Waals surface area contributed by atoms with Gasteiger partial charge in [0.05, 0.1) is 13.2 Å². The molecule has 4 nitrogen and oxygen atoms in total. The number of nitrogens with zero attached hydrogens (tertiary/aromatic N) is 2. The molecule has 0 radical (unpaired) electrons. The predicted octanol–water partition coefficient (Wildman–Crippen LogP) is 4.73. The first-order valence-corrected chi connectivity index (χ1v) is 8.90. The van der Waals surface area contributed by atoms with Gasteiger partial charge in [-0.3, -0.25) is 4.90 Å². The maximum absolute atomic E-state index is 5.45. The van der Waals surface area contributed by atoms with Crippen LogP contribution in [0.1, 0.15) is 59.9 Å². The van der Waals surface area contributed by atoms with Crippen molar-refractivity contribution >= 4 is 0 Å². The van der Waals surface area contributed by atoms with E-state index in [4.69, 9.17) is 9.26 Å². The molecule has 4 heteroatoms. The Bertz CT molecular complexity index is 693. The number of likely N-dealkylation sites (tertiary alicyclic amines) is 1. The number of benzene rings is 1. The molecule has 1 fully saturated rings. The maximum atomic E-state index is 5.45. The molecule has 0 bridgehead atoms. The highest BCUT2D eigenvalue weighted by molar-refractivity contribution is 5.41. The van der Waals surface area contributed by atoms with Gasteiger partial charge in [-0.25, -0.2) is 0 Å². The lowest BCUT2D eigenvalue weighted by molar-refractivity contribution is 0.183. The summed E-state index contributed by atoms with van der Waals surface area (Å²) in [6, 6.07) is 6.86. The molecule has 0 unspecified atom stereocenters. The third-order valence-corrected chi connectivity index (χ3v) is 5.08. The minimum Gasteiger partial charge on any atom is -0.496 e. The fourth-order valence-electron chi connectivity index (χ4n) is 3.69. The molecule has 0 aliphatic carbocycles. The lowest BCUT2D eigenvalue weighted by Gasteiger charge is -2.29. The van der Waals surface area contributed by atoms with E-state index in [0.717, 1.165) is 36.7 Å². The molecule has 3 rings (SSSR count). The highest BCUT2D eigenvalue weighted by atomic mass is 16.5. The summed E-state index contributed by atoms with van der Waals surface area (Å²) in [5, 5.41) is 4.30. The summed E-state index contributed by atoms with van der Waals surface area (Å²) in [7, 11) is 1.74. The van der Waals surface area contributed by atoms with Crippen molar-refractivity contribution in [2.75, 3.05) is 13.7 Å². The van der Waals surface area contributed by atoms with Gasteiger partial charge in [-0.2, -0.15) is 0 Å². The van der Waals surface area contributed by atoms with Crippen LogP contribution in [-0.2, 0) is 6.54 Å². The Labute approximate surface area is 144 Å². The van der Waals surface area contributed by atoms with E-state index in [9.17, 15) is 0 Å². The first-order valence-electron chi connectivity index (χ1n) is 8.90. The Kier molecular flexibility index (Phi) is 5.24. The molecule has 1 aliphatic heterocycles. The van der Waals surface area contributed by atoms with Gasteiger partial charge in [0.2, 0.25) is 0 Å². The second-order valence-corrected chi connectivity index (χ2v) is 6.95. The summed E-state index contributed by atoms with van der Waals surface area (Å²) in [5.41, 5.74) is 4.94. The van der Waals surface area contributed by atoms with Crippen molar-refractivity contribution in [2.45, 2.75) is 59.0 Å². The number of aryl methyl sites for hydroxylation is 3. The Hall–Kier alpha value is -1.81. The Morgan fingerprint density at radius 2 is 1.96 bits per heavy atom. The zero-order chi connectivity index (χ0) is 17.1. The lowest BCUT2D eigenvalue weighted by atomic mass is 10.0. The Balaban J connectivity index is 1.86. The van der Waals surface area contributed by atoms with Gasteiger partial charge in [-0.15, -0.1) is 0 Å². The van der Waals surface area contributed by atoms with E-state index in [1.807, 2.05) is 6.92 Å². The number of hydrogen-bond acceptors (Lipinski definition) is 4. The molecule has 2 heterocycles. The molecular weight excluding hydrogens is 300 g/mol. The molecule has 130 valence electrons. The van der Waals surface area contributed by atoms with Gasteiger partial charge in [-0.1, -0.05) is 24.1 Å². The normalized spacial score (nSPS) is 19.2. The predicted molar refractivity (Wildman–Crippen MR) is 95.3 cm³/mol. The van der Waals surface area contributed by atoms with Crippen LogP contribution in [0.2, 0.25) is 0 Å². The highest BCUT2D eigenvalue weighted by Crippen LogP contribution is 2.32. The minimum absolute atomic E-state index is 0.353. The summed E-state index contributed by atoms with van der Waals surface area (Å²) < 4.78 is 10.8. The molecule has 1 aromatic heterocycles. The van der Waals surface area contributed by atoms with Gasteiger partial charge in [0.1, 0.15) is 17.2 Å². The fraction of sp³-hybridized carbons (Fsp3) is 0.550. The summed E-state index contributed by atoms with van der Waals surface area (Å²) >= 11 is 0. The summed E-state index contributed by atoms with van der Waals surface area (Å²) in [4.78, 5) is 2.57. The number of methoxy groups -OCH3 is 1. The third kappa shape index (κ3) is 3.64. The molecule has 1 atom stereocenters. The average molecular weight is 328 g/mol. The molecule has 1 saturated heterocycles. The van der Waals surface area contributed by atoms with Gasteiger partial charge in [0, 0.05) is 12.6 Å². The fourth-order valence-corrected chi connectivity index (χ4v) is 3.69. The van der Waals surface area contributed by atoms with Crippen LogP contribution in [0.5, 0.6) is 5.75 Å². The van der Waals surface area contributed by atoms with E-state index in [-0.39, 0.29) is 0 Å². The zero-order valence-electron chi connectivity index (χ0n) is 15.3. The summed E-state index contributed by atoms with van der Waals surface area (Å²) in [6.45, 7) is 8.32. The van der Waals surface area contributed by atoms with Crippen LogP contribution in [0, 0.1) is 20.8 Å². The second-order valence-electron chi connectivity index (χ2n) is 6.95. The van der Waals surface area contributed by atoms with Gasteiger partial charge < -0.3 is 9.26 Å². The molecule has 1 aromatic carbocycles. The van der Waals surface area contributed by atoms with Crippen LogP contribution in [0.4, 0.5) is 0 Å². The lowest BCUT2D eigenvalue weighted by Crippen LogP contribution is -2.28. The number of ether oxygens (including phenoxy) is 1. The van der Waals surface area contributed by atoms with Crippen LogP contribution in [-0.4, -0.2) is 23.7 Å². The SMILES string of the molecule is COc1cc(C)c(CN2CCCCC[C@H]2c2cc(C)on2)cc1C. The van der Waals surface area contributed by atoms with Gasteiger partial charge in [0.25, 0.3) is 0 Å². The molecular formula is C20H28N2O2. The average Bonchev–Trinajstić information content (AvgIpc) is 2.85. The van der Waals surface area contributed by atoms with Crippen LogP contribution in [0.25, 0.3) is 0 Å². The molecule has 0 saturated carbocycles. The van der Waals surface area contributed by atoms with E-state index < -0.39 is 0 Å². The molecule has 2 aromatic rings. The monoisotopic (exact) mass is 328 g/mol. The topological polar surface area (TPSA) is 38.5 Å². The Morgan fingerprint density at radius 1 is 1.12 bits per heavy atom. The van der Waals surface area contributed by atoms with Crippen molar-refractivity contribution in [3.05, 3.63) is 46.3 Å².